The van der Waals surface area contributed by atoms with Gasteiger partial charge in [-0.05, 0) is 70.0 Å². The van der Waals surface area contributed by atoms with E-state index in [0.717, 1.165) is 40.9 Å². The van der Waals surface area contributed by atoms with Crippen LogP contribution in [0.1, 0.15) is 42.3 Å². The zero-order chi connectivity index (χ0) is 19.9. The fourth-order valence-electron chi connectivity index (χ4n) is 4.09. The molecule has 0 radical (unpaired) electrons. The summed E-state index contributed by atoms with van der Waals surface area (Å²) in [5.41, 5.74) is 4.72. The Bertz CT molecular complexity index is 998. The van der Waals surface area contributed by atoms with Crippen LogP contribution in [0.15, 0.2) is 48.5 Å². The second kappa shape index (κ2) is 7.19. The first-order chi connectivity index (χ1) is 13.3. The van der Waals surface area contributed by atoms with Gasteiger partial charge in [-0.15, -0.1) is 0 Å². The third-order valence-electron chi connectivity index (χ3n) is 5.63. The summed E-state index contributed by atoms with van der Waals surface area (Å²) in [6, 6.07) is 16.4. The number of hydrogen-bond acceptors (Lipinski definition) is 4. The normalized spacial score (nSPS) is 20.6. The van der Waals surface area contributed by atoms with Gasteiger partial charge in [0.25, 0.3) is 0 Å². The number of pyridine rings is 1. The highest BCUT2D eigenvalue weighted by atomic mass is 16.5. The maximum absolute atomic E-state index is 11.0. The molecule has 2 heterocycles. The lowest BCUT2D eigenvalue weighted by Gasteiger charge is -2.42. The zero-order valence-corrected chi connectivity index (χ0v) is 17.0. The molecule has 2 N–H and O–H groups in total. The molecule has 0 bridgehead atoms. The third-order valence-corrected chi connectivity index (χ3v) is 5.63. The van der Waals surface area contributed by atoms with Crippen molar-refractivity contribution in [2.45, 2.75) is 51.9 Å². The van der Waals surface area contributed by atoms with Crippen LogP contribution in [0.4, 0.5) is 0 Å². The van der Waals surface area contributed by atoms with E-state index in [1.165, 1.54) is 11.1 Å². The summed E-state index contributed by atoms with van der Waals surface area (Å²) in [7, 11) is 0. The van der Waals surface area contributed by atoms with Gasteiger partial charge in [0.1, 0.15) is 17.5 Å². The molecule has 4 rings (SSSR count). The van der Waals surface area contributed by atoms with Gasteiger partial charge in [-0.2, -0.15) is 0 Å². The molecule has 0 amide bonds. The fourth-order valence-corrected chi connectivity index (χ4v) is 4.09. The summed E-state index contributed by atoms with van der Waals surface area (Å²) in [5.74, 6) is 0.828. The number of nitrogens with zero attached hydrogens (tertiary/aromatic N) is 1. The number of hydrogen-bond donors (Lipinski definition) is 2. The molecule has 0 fully saturated rings. The smallest absolute Gasteiger partial charge is 0.131 e. The number of aliphatic hydroxyl groups is 1. The predicted molar refractivity (Wildman–Crippen MR) is 113 cm³/mol. The number of ether oxygens (including phenoxy) is 1. The Morgan fingerprint density at radius 3 is 2.61 bits per heavy atom. The zero-order valence-electron chi connectivity index (χ0n) is 17.0. The lowest BCUT2D eigenvalue weighted by atomic mass is 9.85. The van der Waals surface area contributed by atoms with Crippen molar-refractivity contribution < 1.29 is 9.84 Å². The largest absolute Gasteiger partial charge is 0.485 e. The monoisotopic (exact) mass is 376 g/mol. The van der Waals surface area contributed by atoms with E-state index in [9.17, 15) is 5.11 Å². The molecule has 4 nitrogen and oxygen atoms in total. The number of nitrogens with one attached hydrogen (secondary N) is 1. The highest BCUT2D eigenvalue weighted by Crippen LogP contribution is 2.42. The van der Waals surface area contributed by atoms with E-state index < -0.39 is 11.7 Å². The maximum atomic E-state index is 11.0. The minimum absolute atomic E-state index is 0.200. The first kappa shape index (κ1) is 18.9. The van der Waals surface area contributed by atoms with Gasteiger partial charge in [-0.1, -0.05) is 30.3 Å². The summed E-state index contributed by atoms with van der Waals surface area (Å²) in [5, 5.41) is 15.7. The van der Waals surface area contributed by atoms with Crippen LogP contribution in [0.2, 0.25) is 0 Å². The lowest BCUT2D eigenvalue weighted by Crippen LogP contribution is -2.52. The minimum Gasteiger partial charge on any atom is -0.485 e. The lowest BCUT2D eigenvalue weighted by molar-refractivity contribution is -0.0642. The van der Waals surface area contributed by atoms with Crippen LogP contribution < -0.4 is 10.1 Å². The number of aliphatic hydroxyl groups excluding tert-OH is 1. The van der Waals surface area contributed by atoms with E-state index in [2.05, 4.69) is 54.7 Å². The van der Waals surface area contributed by atoms with E-state index in [4.69, 9.17) is 9.72 Å². The molecule has 28 heavy (non-hydrogen) atoms. The Labute approximate surface area is 166 Å². The van der Waals surface area contributed by atoms with Crippen molar-refractivity contribution in [3.63, 3.8) is 0 Å². The second-order valence-corrected chi connectivity index (χ2v) is 8.31. The van der Waals surface area contributed by atoms with Crippen LogP contribution in [-0.2, 0) is 6.42 Å². The number of benzene rings is 2. The molecular formula is C24H28N2O2. The van der Waals surface area contributed by atoms with Gasteiger partial charge < -0.3 is 15.2 Å². The van der Waals surface area contributed by atoms with E-state index in [1.807, 2.05) is 26.8 Å². The molecule has 0 aliphatic carbocycles. The van der Waals surface area contributed by atoms with Gasteiger partial charge in [0.15, 0.2) is 0 Å². The first-order valence-corrected chi connectivity index (χ1v) is 9.91. The van der Waals surface area contributed by atoms with Gasteiger partial charge in [0.05, 0.1) is 11.6 Å². The highest BCUT2D eigenvalue weighted by molar-refractivity contribution is 5.85. The molecule has 0 saturated heterocycles. The maximum Gasteiger partial charge on any atom is 0.131 e. The molecule has 146 valence electrons. The standard InChI is InChI=1S/C24H28N2O2/c1-15-12-16(2)26-20-13-19-21(14-18(15)20)28-24(3,4)23(27)22(19)25-11-10-17-8-6-5-7-9-17/h5-9,12-14,22-23,25,27H,10-11H2,1-4H3/t22-,23-/m1/s1. The molecule has 2 aromatic carbocycles. The van der Waals surface area contributed by atoms with Crippen LogP contribution in [0, 0.1) is 13.8 Å². The van der Waals surface area contributed by atoms with E-state index in [0.29, 0.717) is 0 Å². The Morgan fingerprint density at radius 2 is 1.86 bits per heavy atom. The predicted octanol–water partition coefficient (Wildman–Crippen LogP) is 4.26. The molecular weight excluding hydrogens is 348 g/mol. The van der Waals surface area contributed by atoms with Crippen molar-refractivity contribution in [2.75, 3.05) is 6.54 Å². The molecule has 0 spiro atoms. The molecule has 1 aromatic heterocycles. The number of aromatic nitrogens is 1. The van der Waals surface area contributed by atoms with Gasteiger partial charge in [-0.3, -0.25) is 4.98 Å². The average molecular weight is 377 g/mol. The van der Waals surface area contributed by atoms with Crippen molar-refractivity contribution in [1.82, 2.24) is 10.3 Å². The Hall–Kier alpha value is -2.43. The SMILES string of the molecule is Cc1cc(C)c2cc3c(cc2n1)[C@@H](NCCc1ccccc1)[C@@H](O)C(C)(C)O3. The van der Waals surface area contributed by atoms with Crippen LogP contribution in [0.25, 0.3) is 10.9 Å². The van der Waals surface area contributed by atoms with E-state index in [-0.39, 0.29) is 6.04 Å². The summed E-state index contributed by atoms with van der Waals surface area (Å²) in [6.45, 7) is 8.77. The molecule has 0 unspecified atom stereocenters. The first-order valence-electron chi connectivity index (χ1n) is 9.91. The van der Waals surface area contributed by atoms with Crippen molar-refractivity contribution in [3.05, 3.63) is 70.9 Å². The molecule has 2 atom stereocenters. The van der Waals surface area contributed by atoms with Crippen LogP contribution in [0.3, 0.4) is 0 Å². The fraction of sp³-hybridized carbons (Fsp3) is 0.375. The van der Waals surface area contributed by atoms with Crippen LogP contribution in [0.5, 0.6) is 5.75 Å². The molecule has 3 aromatic rings. The second-order valence-electron chi connectivity index (χ2n) is 8.31. The summed E-state index contributed by atoms with van der Waals surface area (Å²) < 4.78 is 6.20. The molecule has 1 aliphatic rings. The van der Waals surface area contributed by atoms with E-state index >= 15 is 0 Å². The van der Waals surface area contributed by atoms with Gasteiger partial charge in [-0.25, -0.2) is 0 Å². The molecule has 1 aliphatic heterocycles. The number of rotatable bonds is 4. The topological polar surface area (TPSA) is 54.4 Å². The third kappa shape index (κ3) is 3.50. The molecule has 4 heteroatoms. The highest BCUT2D eigenvalue weighted by Gasteiger charge is 2.42. The quantitative estimate of drug-likeness (QED) is 0.714. The van der Waals surface area contributed by atoms with Crippen molar-refractivity contribution in [1.29, 1.82) is 0 Å². The molecule has 0 saturated carbocycles. The Morgan fingerprint density at radius 1 is 1.11 bits per heavy atom. The van der Waals surface area contributed by atoms with Crippen molar-refractivity contribution in [2.24, 2.45) is 0 Å². The van der Waals surface area contributed by atoms with Crippen molar-refractivity contribution >= 4 is 10.9 Å². The number of fused-ring (bicyclic) bond motifs is 2. The van der Waals surface area contributed by atoms with E-state index in [1.54, 1.807) is 0 Å². The summed E-state index contributed by atoms with van der Waals surface area (Å²) in [4.78, 5) is 4.70. The Balaban J connectivity index is 1.68. The van der Waals surface area contributed by atoms with Gasteiger partial charge in [0, 0.05) is 16.6 Å². The summed E-state index contributed by atoms with van der Waals surface area (Å²) in [6.07, 6.45) is 0.254. The number of aryl methyl sites for hydroxylation is 2. The van der Waals surface area contributed by atoms with Gasteiger partial charge >= 0.3 is 0 Å². The average Bonchev–Trinajstić information content (AvgIpc) is 2.65. The Kier molecular flexibility index (Phi) is 4.86. The van der Waals surface area contributed by atoms with Crippen molar-refractivity contribution in [3.8, 4) is 5.75 Å². The van der Waals surface area contributed by atoms with Gasteiger partial charge in [0.2, 0.25) is 0 Å². The van der Waals surface area contributed by atoms with Crippen LogP contribution in [-0.4, -0.2) is 28.3 Å². The summed E-state index contributed by atoms with van der Waals surface area (Å²) >= 11 is 0. The minimum atomic E-state index is -0.670. The van der Waals surface area contributed by atoms with Crippen LogP contribution >= 0.6 is 0 Å².